The van der Waals surface area contributed by atoms with Gasteiger partial charge in [-0.1, -0.05) is 116 Å². The predicted molar refractivity (Wildman–Crippen MR) is 257 cm³/mol. The number of imidazole rings is 1. The number of aliphatic hydroxyl groups is 3. The van der Waals surface area contributed by atoms with E-state index in [4.69, 9.17) is 19.5 Å². The highest BCUT2D eigenvalue weighted by atomic mass is 32.2. The van der Waals surface area contributed by atoms with E-state index in [2.05, 4.69) is 41.3 Å². The zero-order valence-corrected chi connectivity index (χ0v) is 43.6. The quantitative estimate of drug-likeness (QED) is 0.0324. The van der Waals surface area contributed by atoms with Crippen LogP contribution in [-0.4, -0.2) is 134 Å². The van der Waals surface area contributed by atoms with E-state index in [1.807, 2.05) is 0 Å². The Labute approximate surface area is 412 Å². The van der Waals surface area contributed by atoms with E-state index in [1.165, 1.54) is 65.2 Å². The van der Waals surface area contributed by atoms with Crippen molar-refractivity contribution in [3.8, 4) is 0 Å². The molecule has 0 aliphatic carbocycles. The highest BCUT2D eigenvalue weighted by molar-refractivity contribution is 8.13. The number of aromatic nitrogens is 4. The monoisotopic (exact) mass is 1080 g/mol. The van der Waals surface area contributed by atoms with Crippen LogP contribution in [0.4, 0.5) is 5.82 Å². The number of phosphoric acid groups is 3. The first-order valence-electron chi connectivity index (χ1n) is 23.7. The molecule has 1 aliphatic heterocycles. The molecule has 2 aromatic rings. The largest absolute Gasteiger partial charge is 0.481 e. The minimum absolute atomic E-state index is 0.0315. The van der Waals surface area contributed by atoms with Crippen LogP contribution >= 0.6 is 35.2 Å². The summed E-state index contributed by atoms with van der Waals surface area (Å²) in [6.45, 7) is 2.72. The maximum atomic E-state index is 12.8. The van der Waals surface area contributed by atoms with Crippen LogP contribution in [0, 0.1) is 5.41 Å². The van der Waals surface area contributed by atoms with Gasteiger partial charge >= 0.3 is 23.5 Å². The number of hydrogen-bond donors (Lipinski definition) is 10. The standard InChI is InChI=1S/C41H74N7O18P3S/c1-4-5-15-18-29(49)19-16-13-11-9-7-6-8-10-12-14-17-20-32(51)70-24-23-43-31(50)21-22-44-39(54)36(53)41(2,3)26-63-69(60,61)66-68(58,59)62-25-30-35(65-67(55,56)57)34(52)40(64-30)48-28-47-33-37(42)45-27-46-38(33)48/h27-30,34-36,40,49,52-53H,4-26H2,1-3H3,(H,43,50)(H,44,54)(H,58,59)(H,60,61)(H2,42,45,46)(H2,55,56,57). The van der Waals surface area contributed by atoms with Crippen molar-refractivity contribution < 1.29 is 85.6 Å². The average Bonchev–Trinajstić information content (AvgIpc) is 3.84. The fraction of sp³-hybridized carbons (Fsp3) is 0.805. The van der Waals surface area contributed by atoms with Gasteiger partial charge in [0, 0.05) is 37.1 Å². The SMILES string of the molecule is CCCCCC(O)CCCCCCCCCCCCCC(=O)SCCNC(=O)CCNC(=O)C(O)C(C)(C)COP(=O)(O)OP(=O)(O)OCC1OC(n2cnc3c(N)ncnc32)C(O)C1OP(=O)(O)O. The molecule has 2 aromatic heterocycles. The van der Waals surface area contributed by atoms with E-state index < -0.39 is 84.6 Å². The number of nitrogens with one attached hydrogen (secondary N) is 2. The number of fused-ring (bicyclic) bond motifs is 1. The van der Waals surface area contributed by atoms with Crippen LogP contribution in [0.1, 0.15) is 143 Å². The summed E-state index contributed by atoms with van der Waals surface area (Å²) in [6, 6.07) is 0. The Balaban J connectivity index is 1.26. The number of unbranched alkanes of at least 4 members (excludes halogenated alkanes) is 12. The summed E-state index contributed by atoms with van der Waals surface area (Å²) in [6.07, 6.45) is 11.2. The Morgan fingerprint density at radius 1 is 0.843 bits per heavy atom. The van der Waals surface area contributed by atoms with Gasteiger partial charge in [-0.25, -0.2) is 28.6 Å². The second-order valence-electron chi connectivity index (χ2n) is 17.9. The summed E-state index contributed by atoms with van der Waals surface area (Å²) in [7, 11) is -16.4. The molecule has 3 rings (SSSR count). The third kappa shape index (κ3) is 23.2. The summed E-state index contributed by atoms with van der Waals surface area (Å²) >= 11 is 1.14. The van der Waals surface area contributed by atoms with Gasteiger partial charge in [0.15, 0.2) is 22.8 Å². The molecular weight excluding hydrogens is 1000 g/mol. The summed E-state index contributed by atoms with van der Waals surface area (Å²) in [5.41, 5.74) is 4.28. The highest BCUT2D eigenvalue weighted by Gasteiger charge is 2.50. The number of nitrogen functional groups attached to an aromatic ring is 1. The maximum absolute atomic E-state index is 12.8. The first kappa shape index (κ1) is 61.8. The summed E-state index contributed by atoms with van der Waals surface area (Å²) < 4.78 is 62.5. The number of aliphatic hydroxyl groups excluding tert-OH is 3. The van der Waals surface area contributed by atoms with E-state index in [-0.39, 0.29) is 47.7 Å². The minimum atomic E-state index is -5.58. The number of nitrogens with zero attached hydrogens (tertiary/aromatic N) is 4. The molecule has 0 saturated carbocycles. The van der Waals surface area contributed by atoms with Crippen LogP contribution in [0.15, 0.2) is 12.7 Å². The van der Waals surface area contributed by atoms with Crippen molar-refractivity contribution in [2.45, 2.75) is 173 Å². The van der Waals surface area contributed by atoms with E-state index in [0.29, 0.717) is 12.2 Å². The van der Waals surface area contributed by atoms with Crippen LogP contribution in [-0.2, 0) is 50.7 Å². The Morgan fingerprint density at radius 2 is 1.44 bits per heavy atom. The molecule has 2 amide bonds. The van der Waals surface area contributed by atoms with Crippen LogP contribution < -0.4 is 16.4 Å². The van der Waals surface area contributed by atoms with Crippen molar-refractivity contribution in [3.63, 3.8) is 0 Å². The smallest absolute Gasteiger partial charge is 0.393 e. The van der Waals surface area contributed by atoms with E-state index >= 15 is 0 Å². The number of carbonyl (C=O) groups excluding carboxylic acids is 3. The third-order valence-corrected chi connectivity index (χ3v) is 15.4. The van der Waals surface area contributed by atoms with E-state index in [1.54, 1.807) is 0 Å². The number of thioether (sulfide) groups is 1. The van der Waals surface area contributed by atoms with Crippen molar-refractivity contribution in [2.75, 3.05) is 37.8 Å². The first-order chi connectivity index (χ1) is 32.9. The molecule has 0 aromatic carbocycles. The second kappa shape index (κ2) is 30.7. The summed E-state index contributed by atoms with van der Waals surface area (Å²) in [4.78, 5) is 88.5. The lowest BCUT2D eigenvalue weighted by atomic mass is 9.87. The predicted octanol–water partition coefficient (Wildman–Crippen LogP) is 4.68. The van der Waals surface area contributed by atoms with Crippen molar-refractivity contribution in [1.82, 2.24) is 30.2 Å². The lowest BCUT2D eigenvalue weighted by Gasteiger charge is -2.30. The molecule has 1 aliphatic rings. The number of ether oxygens (including phenoxy) is 1. The number of anilines is 1. The normalized spacial score (nSPS) is 20.2. The summed E-state index contributed by atoms with van der Waals surface area (Å²) in [5, 5.41) is 36.7. The summed E-state index contributed by atoms with van der Waals surface area (Å²) in [5.74, 6) is -1.05. The van der Waals surface area contributed by atoms with Gasteiger partial charge < -0.3 is 56.0 Å². The molecule has 11 N–H and O–H groups in total. The van der Waals surface area contributed by atoms with Gasteiger partial charge in [0.25, 0.3) is 0 Å². The molecule has 1 saturated heterocycles. The highest BCUT2D eigenvalue weighted by Crippen LogP contribution is 2.61. The Kier molecular flexibility index (Phi) is 27.1. The maximum Gasteiger partial charge on any atom is 0.481 e. The first-order valence-corrected chi connectivity index (χ1v) is 29.2. The van der Waals surface area contributed by atoms with Gasteiger partial charge in [-0.05, 0) is 19.3 Å². The molecule has 402 valence electrons. The Bertz CT molecular complexity index is 2070. The number of hydrogen-bond acceptors (Lipinski definition) is 19. The topological polar surface area (TPSA) is 384 Å². The number of carbonyl (C=O) groups is 3. The van der Waals surface area contributed by atoms with Crippen LogP contribution in [0.5, 0.6) is 0 Å². The van der Waals surface area contributed by atoms with Crippen molar-refractivity contribution >= 4 is 69.1 Å². The zero-order chi connectivity index (χ0) is 52.0. The second-order valence-corrected chi connectivity index (χ2v) is 23.3. The molecule has 29 heteroatoms. The average molecular weight is 1080 g/mol. The van der Waals surface area contributed by atoms with Crippen LogP contribution in [0.25, 0.3) is 11.2 Å². The van der Waals surface area contributed by atoms with Crippen molar-refractivity contribution in [2.24, 2.45) is 5.41 Å². The third-order valence-electron chi connectivity index (χ3n) is 11.3. The minimum Gasteiger partial charge on any atom is -0.393 e. The Hall–Kier alpha value is -2.48. The molecule has 70 heavy (non-hydrogen) atoms. The van der Waals surface area contributed by atoms with Crippen molar-refractivity contribution in [1.29, 1.82) is 0 Å². The van der Waals surface area contributed by atoms with Gasteiger partial charge in [-0.15, -0.1) is 0 Å². The molecule has 1 fully saturated rings. The van der Waals surface area contributed by atoms with Crippen molar-refractivity contribution in [3.05, 3.63) is 12.7 Å². The zero-order valence-electron chi connectivity index (χ0n) is 40.1. The number of nitrogens with two attached hydrogens (primary N) is 1. The van der Waals surface area contributed by atoms with Gasteiger partial charge in [0.05, 0.1) is 25.6 Å². The number of amides is 2. The molecule has 0 bridgehead atoms. The number of phosphoric ester groups is 3. The van der Waals surface area contributed by atoms with Crippen LogP contribution in [0.3, 0.4) is 0 Å². The van der Waals surface area contributed by atoms with Gasteiger partial charge in [-0.2, -0.15) is 4.31 Å². The lowest BCUT2D eigenvalue weighted by Crippen LogP contribution is -2.46. The molecule has 8 atom stereocenters. The molecule has 0 radical (unpaired) electrons. The Morgan fingerprint density at radius 3 is 2.07 bits per heavy atom. The van der Waals surface area contributed by atoms with E-state index in [9.17, 15) is 63.0 Å². The number of rotatable bonds is 37. The van der Waals surface area contributed by atoms with Gasteiger partial charge in [-0.3, -0.25) is 32.5 Å². The lowest BCUT2D eigenvalue weighted by molar-refractivity contribution is -0.137. The van der Waals surface area contributed by atoms with Gasteiger partial charge in [0.1, 0.15) is 36.3 Å². The van der Waals surface area contributed by atoms with Gasteiger partial charge in [0.2, 0.25) is 11.8 Å². The fourth-order valence-electron chi connectivity index (χ4n) is 7.38. The molecule has 0 spiro atoms. The molecular formula is C41H74N7O18P3S. The molecule has 3 heterocycles. The van der Waals surface area contributed by atoms with Crippen LogP contribution in [0.2, 0.25) is 0 Å². The molecule has 25 nitrogen and oxygen atoms in total. The fourth-order valence-corrected chi connectivity index (χ4v) is 10.9. The molecule has 8 unspecified atom stereocenters. The van der Waals surface area contributed by atoms with E-state index in [0.717, 1.165) is 80.4 Å².